The van der Waals surface area contributed by atoms with E-state index in [4.69, 9.17) is 16.3 Å². The number of rotatable bonds is 3. The second-order valence-electron chi connectivity index (χ2n) is 3.26. The third kappa shape index (κ3) is 3.04. The Labute approximate surface area is 102 Å². The highest BCUT2D eigenvalue weighted by molar-refractivity contribution is 6.30. The van der Waals surface area contributed by atoms with Crippen molar-refractivity contribution >= 4 is 11.6 Å². The van der Waals surface area contributed by atoms with Gasteiger partial charge in [-0.25, -0.2) is 9.97 Å². The van der Waals surface area contributed by atoms with E-state index in [0.717, 1.165) is 0 Å². The molecule has 0 spiro atoms. The lowest BCUT2D eigenvalue weighted by Crippen LogP contribution is -1.98. The van der Waals surface area contributed by atoms with Crippen molar-refractivity contribution in [1.82, 2.24) is 9.97 Å². The Balaban J connectivity index is 2.09. The van der Waals surface area contributed by atoms with Gasteiger partial charge in [0.05, 0.1) is 6.20 Å². The molecule has 0 amide bonds. The number of aromatic hydroxyl groups is 1. The number of hydrogen-bond acceptors (Lipinski definition) is 4. The Hall–Kier alpha value is -1.88. The molecule has 0 saturated carbocycles. The molecule has 0 saturated heterocycles. The Morgan fingerprint density at radius 1 is 1.35 bits per heavy atom. The SMILES string of the molecule is Oc1cnc(Cl)c(OCc2ccnc(F)c2)c1. The van der Waals surface area contributed by atoms with E-state index in [2.05, 4.69) is 9.97 Å². The molecule has 1 N–H and O–H groups in total. The van der Waals surface area contributed by atoms with Gasteiger partial charge in [0.1, 0.15) is 12.4 Å². The first kappa shape index (κ1) is 11.6. The first-order chi connectivity index (χ1) is 8.15. The predicted molar refractivity (Wildman–Crippen MR) is 59.4 cm³/mol. The fourth-order valence-corrected chi connectivity index (χ4v) is 1.37. The molecule has 4 nitrogen and oxygen atoms in total. The van der Waals surface area contributed by atoms with Gasteiger partial charge in [-0.05, 0) is 17.7 Å². The quantitative estimate of drug-likeness (QED) is 0.856. The van der Waals surface area contributed by atoms with E-state index in [1.807, 2.05) is 0 Å². The van der Waals surface area contributed by atoms with Gasteiger partial charge in [0.25, 0.3) is 0 Å². The van der Waals surface area contributed by atoms with Crippen LogP contribution in [0, 0.1) is 5.95 Å². The van der Waals surface area contributed by atoms with Crippen LogP contribution in [0.1, 0.15) is 5.56 Å². The predicted octanol–water partition coefficient (Wildman–Crippen LogP) is 2.55. The first-order valence-corrected chi connectivity index (χ1v) is 5.10. The number of ether oxygens (including phenoxy) is 1. The van der Waals surface area contributed by atoms with Crippen LogP contribution in [-0.4, -0.2) is 15.1 Å². The summed E-state index contributed by atoms with van der Waals surface area (Å²) in [6.07, 6.45) is 2.55. The number of hydrogen-bond donors (Lipinski definition) is 1. The van der Waals surface area contributed by atoms with Crippen molar-refractivity contribution in [3.8, 4) is 11.5 Å². The highest BCUT2D eigenvalue weighted by Gasteiger charge is 2.05. The lowest BCUT2D eigenvalue weighted by molar-refractivity contribution is 0.302. The van der Waals surface area contributed by atoms with Crippen LogP contribution in [-0.2, 0) is 6.61 Å². The van der Waals surface area contributed by atoms with E-state index in [1.165, 1.54) is 24.5 Å². The van der Waals surface area contributed by atoms with E-state index in [9.17, 15) is 9.50 Å². The third-order valence-electron chi connectivity index (χ3n) is 1.98. The topological polar surface area (TPSA) is 55.2 Å². The van der Waals surface area contributed by atoms with Gasteiger partial charge >= 0.3 is 0 Å². The molecule has 17 heavy (non-hydrogen) atoms. The van der Waals surface area contributed by atoms with Gasteiger partial charge in [-0.15, -0.1) is 0 Å². The molecule has 0 aliphatic heterocycles. The van der Waals surface area contributed by atoms with E-state index < -0.39 is 5.95 Å². The lowest BCUT2D eigenvalue weighted by Gasteiger charge is -2.07. The van der Waals surface area contributed by atoms with Gasteiger partial charge in [-0.3, -0.25) is 0 Å². The minimum absolute atomic E-state index is 0.0506. The van der Waals surface area contributed by atoms with E-state index in [-0.39, 0.29) is 23.3 Å². The average Bonchev–Trinajstić information content (AvgIpc) is 2.30. The lowest BCUT2D eigenvalue weighted by atomic mass is 10.3. The highest BCUT2D eigenvalue weighted by Crippen LogP contribution is 2.26. The summed E-state index contributed by atoms with van der Waals surface area (Å²) in [5, 5.41) is 9.34. The van der Waals surface area contributed by atoms with Crippen molar-refractivity contribution in [2.45, 2.75) is 6.61 Å². The fraction of sp³-hybridized carbons (Fsp3) is 0.0909. The molecule has 0 atom stereocenters. The van der Waals surface area contributed by atoms with Crippen LogP contribution in [0.15, 0.2) is 30.6 Å². The summed E-state index contributed by atoms with van der Waals surface area (Å²) in [7, 11) is 0. The molecule has 2 rings (SSSR count). The Bertz CT molecular complexity index is 537. The standard InChI is InChI=1S/C11H8ClFN2O2/c12-11-9(4-8(16)5-15-11)17-6-7-1-2-14-10(13)3-7/h1-5,16H,6H2. The second kappa shape index (κ2) is 4.97. The monoisotopic (exact) mass is 254 g/mol. The molecule has 0 aliphatic carbocycles. The Kier molecular flexibility index (Phi) is 3.39. The average molecular weight is 255 g/mol. The summed E-state index contributed by atoms with van der Waals surface area (Å²) >= 11 is 5.76. The molecule has 2 aromatic heterocycles. The molecule has 88 valence electrons. The van der Waals surface area contributed by atoms with Gasteiger partial charge in [0.2, 0.25) is 5.95 Å². The molecule has 0 aromatic carbocycles. The first-order valence-electron chi connectivity index (χ1n) is 4.73. The Morgan fingerprint density at radius 2 is 2.18 bits per heavy atom. The second-order valence-corrected chi connectivity index (χ2v) is 3.62. The zero-order chi connectivity index (χ0) is 12.3. The number of pyridine rings is 2. The molecular weight excluding hydrogens is 247 g/mol. The van der Waals surface area contributed by atoms with Crippen LogP contribution >= 0.6 is 11.6 Å². The van der Waals surface area contributed by atoms with Gasteiger partial charge in [0.15, 0.2) is 10.9 Å². The van der Waals surface area contributed by atoms with Gasteiger partial charge in [0, 0.05) is 12.3 Å². The van der Waals surface area contributed by atoms with Crippen molar-refractivity contribution in [3.05, 3.63) is 47.3 Å². The summed E-state index contributed by atoms with van der Waals surface area (Å²) < 4.78 is 18.1. The maximum absolute atomic E-state index is 12.8. The van der Waals surface area contributed by atoms with Gasteiger partial charge in [-0.1, -0.05) is 11.6 Å². The zero-order valence-corrected chi connectivity index (χ0v) is 9.36. The van der Waals surface area contributed by atoms with Crippen molar-refractivity contribution < 1.29 is 14.2 Å². The molecule has 6 heteroatoms. The summed E-state index contributed by atoms with van der Waals surface area (Å²) in [6, 6.07) is 4.21. The largest absolute Gasteiger partial charge is 0.506 e. The number of halogens is 2. The molecular formula is C11H8ClFN2O2. The minimum atomic E-state index is -0.578. The molecule has 0 bridgehead atoms. The molecule has 0 aliphatic rings. The smallest absolute Gasteiger partial charge is 0.213 e. The Morgan fingerprint density at radius 3 is 2.94 bits per heavy atom. The fourth-order valence-electron chi connectivity index (χ4n) is 1.21. The van der Waals surface area contributed by atoms with E-state index in [1.54, 1.807) is 6.07 Å². The molecule has 0 unspecified atom stereocenters. The third-order valence-corrected chi connectivity index (χ3v) is 2.26. The normalized spacial score (nSPS) is 10.2. The van der Waals surface area contributed by atoms with Crippen LogP contribution in [0.25, 0.3) is 0 Å². The van der Waals surface area contributed by atoms with Crippen molar-refractivity contribution in [2.75, 3.05) is 0 Å². The van der Waals surface area contributed by atoms with Crippen molar-refractivity contribution in [3.63, 3.8) is 0 Å². The van der Waals surface area contributed by atoms with Crippen LogP contribution in [0.3, 0.4) is 0 Å². The number of aromatic nitrogens is 2. The highest BCUT2D eigenvalue weighted by atomic mass is 35.5. The summed E-state index contributed by atoms with van der Waals surface area (Å²) in [5.74, 6) is -0.388. The van der Waals surface area contributed by atoms with Crippen molar-refractivity contribution in [1.29, 1.82) is 0 Å². The minimum Gasteiger partial charge on any atom is -0.506 e. The maximum Gasteiger partial charge on any atom is 0.213 e. The summed E-state index contributed by atoms with van der Waals surface area (Å²) in [6.45, 7) is 0.115. The summed E-state index contributed by atoms with van der Waals surface area (Å²) in [5.41, 5.74) is 0.608. The van der Waals surface area contributed by atoms with Gasteiger partial charge in [-0.2, -0.15) is 4.39 Å². The molecule has 2 heterocycles. The molecule has 0 fully saturated rings. The zero-order valence-electron chi connectivity index (χ0n) is 8.60. The molecule has 2 aromatic rings. The van der Waals surface area contributed by atoms with E-state index in [0.29, 0.717) is 5.56 Å². The van der Waals surface area contributed by atoms with Crippen LogP contribution in [0.2, 0.25) is 5.15 Å². The van der Waals surface area contributed by atoms with Crippen molar-refractivity contribution in [2.24, 2.45) is 0 Å². The maximum atomic E-state index is 12.8. The van der Waals surface area contributed by atoms with Crippen LogP contribution in [0.5, 0.6) is 11.5 Å². The van der Waals surface area contributed by atoms with Gasteiger partial charge < -0.3 is 9.84 Å². The molecule has 0 radical (unpaired) electrons. The van der Waals surface area contributed by atoms with Crippen LogP contribution < -0.4 is 4.74 Å². The van der Waals surface area contributed by atoms with E-state index >= 15 is 0 Å². The number of nitrogens with zero attached hydrogens (tertiary/aromatic N) is 2. The summed E-state index contributed by atoms with van der Waals surface area (Å²) in [4.78, 5) is 7.14. The van der Waals surface area contributed by atoms with Crippen LogP contribution in [0.4, 0.5) is 4.39 Å².